The molecule has 11 heavy (non-hydrogen) atoms. The molecule has 58 valence electrons. The second kappa shape index (κ2) is 3.01. The van der Waals surface area contributed by atoms with Gasteiger partial charge in [0, 0.05) is 5.56 Å². The van der Waals surface area contributed by atoms with Gasteiger partial charge in [0.15, 0.2) is 5.69 Å². The van der Waals surface area contributed by atoms with Crippen molar-refractivity contribution in [3.63, 3.8) is 0 Å². The lowest BCUT2D eigenvalue weighted by Gasteiger charge is -1.94. The maximum atomic E-state index is 10.9. The van der Waals surface area contributed by atoms with Crippen LogP contribution in [0.2, 0.25) is 0 Å². The lowest BCUT2D eigenvalue weighted by Crippen LogP contribution is -2.03. The van der Waals surface area contributed by atoms with Crippen molar-refractivity contribution in [2.75, 3.05) is 7.11 Å². The highest BCUT2D eigenvalue weighted by Crippen LogP contribution is 2.06. The van der Waals surface area contributed by atoms with Gasteiger partial charge in [-0.3, -0.25) is 5.10 Å². The molecule has 0 aliphatic rings. The van der Waals surface area contributed by atoms with Gasteiger partial charge in [-0.15, -0.1) is 0 Å². The molecule has 0 aromatic carbocycles. The van der Waals surface area contributed by atoms with E-state index in [-0.39, 0.29) is 0 Å². The maximum Gasteiger partial charge on any atom is 0.356 e. The van der Waals surface area contributed by atoms with E-state index < -0.39 is 5.97 Å². The highest BCUT2D eigenvalue weighted by molar-refractivity contribution is 5.91. The predicted molar refractivity (Wildman–Crippen MR) is 40.0 cm³/mol. The standard InChI is InChI=1S/C7H8N2O2/c1-3-5-4-8-9-6(5)7(10)11-2/h3-4H,1H2,2H3,(H,8,9). The van der Waals surface area contributed by atoms with Crippen molar-refractivity contribution < 1.29 is 9.53 Å². The Labute approximate surface area is 63.9 Å². The molecule has 4 heteroatoms. The van der Waals surface area contributed by atoms with Crippen molar-refractivity contribution in [2.24, 2.45) is 0 Å². The predicted octanol–water partition coefficient (Wildman–Crippen LogP) is 0.839. The van der Waals surface area contributed by atoms with Crippen LogP contribution in [0, 0.1) is 0 Å². The summed E-state index contributed by atoms with van der Waals surface area (Å²) in [5, 5.41) is 6.18. The largest absolute Gasteiger partial charge is 0.464 e. The minimum atomic E-state index is -0.433. The molecular formula is C7H8N2O2. The van der Waals surface area contributed by atoms with Crippen molar-refractivity contribution in [2.45, 2.75) is 0 Å². The van der Waals surface area contributed by atoms with Crippen LogP contribution in [0.15, 0.2) is 12.8 Å². The monoisotopic (exact) mass is 152 g/mol. The Balaban J connectivity index is 3.01. The molecule has 0 saturated carbocycles. The smallest absolute Gasteiger partial charge is 0.356 e. The average Bonchev–Trinajstić information content (AvgIpc) is 2.50. The summed E-state index contributed by atoms with van der Waals surface area (Å²) in [7, 11) is 1.32. The summed E-state index contributed by atoms with van der Waals surface area (Å²) in [6.07, 6.45) is 3.05. The topological polar surface area (TPSA) is 55.0 Å². The van der Waals surface area contributed by atoms with E-state index in [2.05, 4.69) is 21.5 Å². The van der Waals surface area contributed by atoms with E-state index in [9.17, 15) is 4.79 Å². The quantitative estimate of drug-likeness (QED) is 0.639. The third-order valence-corrected chi connectivity index (χ3v) is 1.28. The highest BCUT2D eigenvalue weighted by Gasteiger charge is 2.10. The molecule has 0 atom stereocenters. The SMILES string of the molecule is C=Cc1cn[nH]c1C(=O)OC. The van der Waals surface area contributed by atoms with Gasteiger partial charge < -0.3 is 4.74 Å². The number of ether oxygens (including phenoxy) is 1. The molecule has 4 nitrogen and oxygen atoms in total. The molecule has 0 amide bonds. The van der Waals surface area contributed by atoms with Crippen LogP contribution < -0.4 is 0 Å². The van der Waals surface area contributed by atoms with Crippen LogP contribution in [0.25, 0.3) is 6.08 Å². The second-order valence-corrected chi connectivity index (χ2v) is 1.90. The molecule has 1 N–H and O–H groups in total. The minimum absolute atomic E-state index is 0.336. The molecule has 0 spiro atoms. The zero-order valence-corrected chi connectivity index (χ0v) is 6.13. The van der Waals surface area contributed by atoms with Crippen LogP contribution in [-0.2, 0) is 4.74 Å². The summed E-state index contributed by atoms with van der Waals surface area (Å²) in [5.74, 6) is -0.433. The van der Waals surface area contributed by atoms with Crippen LogP contribution in [0.5, 0.6) is 0 Å². The van der Waals surface area contributed by atoms with Gasteiger partial charge in [0.2, 0.25) is 0 Å². The van der Waals surface area contributed by atoms with Crippen molar-refractivity contribution in [3.8, 4) is 0 Å². The van der Waals surface area contributed by atoms with E-state index in [0.717, 1.165) is 0 Å². The number of rotatable bonds is 2. The molecule has 1 aromatic heterocycles. The zero-order valence-electron chi connectivity index (χ0n) is 6.13. The molecular weight excluding hydrogens is 144 g/mol. The molecule has 0 aliphatic heterocycles. The van der Waals surface area contributed by atoms with Crippen LogP contribution >= 0.6 is 0 Å². The van der Waals surface area contributed by atoms with E-state index in [1.807, 2.05) is 0 Å². The molecule has 0 unspecified atom stereocenters. The van der Waals surface area contributed by atoms with Crippen LogP contribution in [0.3, 0.4) is 0 Å². The van der Waals surface area contributed by atoms with Gasteiger partial charge in [-0.2, -0.15) is 5.10 Å². The van der Waals surface area contributed by atoms with E-state index >= 15 is 0 Å². The lowest BCUT2D eigenvalue weighted by atomic mass is 10.2. The number of carbonyl (C=O) groups excluding carboxylic acids is 1. The Kier molecular flexibility index (Phi) is 2.06. The Hall–Kier alpha value is -1.58. The molecule has 0 radical (unpaired) electrons. The van der Waals surface area contributed by atoms with Gasteiger partial charge in [-0.25, -0.2) is 4.79 Å². The van der Waals surface area contributed by atoms with Gasteiger partial charge in [0.25, 0.3) is 0 Å². The molecule has 1 rings (SSSR count). The minimum Gasteiger partial charge on any atom is -0.464 e. The third kappa shape index (κ3) is 1.29. The summed E-state index contributed by atoms with van der Waals surface area (Å²) in [5.41, 5.74) is 0.986. The fourth-order valence-electron chi connectivity index (χ4n) is 0.716. The summed E-state index contributed by atoms with van der Waals surface area (Å²) in [6, 6.07) is 0. The molecule has 0 aliphatic carbocycles. The Bertz CT molecular complexity index is 278. The maximum absolute atomic E-state index is 10.9. The fraction of sp³-hybridized carbons (Fsp3) is 0.143. The molecule has 0 bridgehead atoms. The first-order chi connectivity index (χ1) is 5.29. The first kappa shape index (κ1) is 7.53. The number of nitrogens with one attached hydrogen (secondary N) is 1. The second-order valence-electron chi connectivity index (χ2n) is 1.90. The first-order valence-corrected chi connectivity index (χ1v) is 3.03. The molecule has 1 aromatic rings. The van der Waals surface area contributed by atoms with E-state index in [1.165, 1.54) is 19.4 Å². The van der Waals surface area contributed by atoms with Crippen molar-refractivity contribution >= 4 is 12.0 Å². The van der Waals surface area contributed by atoms with Gasteiger partial charge in [0.05, 0.1) is 13.3 Å². The highest BCUT2D eigenvalue weighted by atomic mass is 16.5. The van der Waals surface area contributed by atoms with E-state index in [4.69, 9.17) is 0 Å². The number of nitrogens with zero attached hydrogens (tertiary/aromatic N) is 1. The molecule has 0 saturated heterocycles. The van der Waals surface area contributed by atoms with Gasteiger partial charge in [-0.1, -0.05) is 12.7 Å². The Morgan fingerprint density at radius 2 is 2.64 bits per heavy atom. The lowest BCUT2D eigenvalue weighted by molar-refractivity contribution is 0.0594. The van der Waals surface area contributed by atoms with Crippen molar-refractivity contribution in [1.82, 2.24) is 10.2 Å². The van der Waals surface area contributed by atoms with Gasteiger partial charge >= 0.3 is 5.97 Å². The van der Waals surface area contributed by atoms with Crippen molar-refractivity contribution in [3.05, 3.63) is 24.0 Å². The van der Waals surface area contributed by atoms with Gasteiger partial charge in [0.1, 0.15) is 0 Å². The number of esters is 1. The van der Waals surface area contributed by atoms with E-state index in [1.54, 1.807) is 0 Å². The first-order valence-electron chi connectivity index (χ1n) is 3.03. The van der Waals surface area contributed by atoms with Crippen LogP contribution in [0.4, 0.5) is 0 Å². The van der Waals surface area contributed by atoms with Crippen LogP contribution in [-0.4, -0.2) is 23.3 Å². The van der Waals surface area contributed by atoms with Gasteiger partial charge in [-0.05, 0) is 0 Å². The third-order valence-electron chi connectivity index (χ3n) is 1.28. The summed E-state index contributed by atoms with van der Waals surface area (Å²) < 4.78 is 4.48. The number of aromatic nitrogens is 2. The number of aromatic amines is 1. The number of hydrogen-bond donors (Lipinski definition) is 1. The van der Waals surface area contributed by atoms with E-state index in [0.29, 0.717) is 11.3 Å². The molecule has 0 fully saturated rings. The fourth-order valence-corrected chi connectivity index (χ4v) is 0.716. The summed E-state index contributed by atoms with van der Waals surface area (Å²) >= 11 is 0. The number of H-pyrrole nitrogens is 1. The van der Waals surface area contributed by atoms with Crippen molar-refractivity contribution in [1.29, 1.82) is 0 Å². The number of methoxy groups -OCH3 is 1. The number of hydrogen-bond acceptors (Lipinski definition) is 3. The van der Waals surface area contributed by atoms with Crippen LogP contribution in [0.1, 0.15) is 16.1 Å². The Morgan fingerprint density at radius 1 is 1.91 bits per heavy atom. The normalized spacial score (nSPS) is 9.18. The summed E-state index contributed by atoms with van der Waals surface area (Å²) in [4.78, 5) is 10.9. The summed E-state index contributed by atoms with van der Waals surface area (Å²) in [6.45, 7) is 3.51. The zero-order chi connectivity index (χ0) is 8.27. The number of carbonyl (C=O) groups is 1. The average molecular weight is 152 g/mol. The Morgan fingerprint density at radius 3 is 3.18 bits per heavy atom. The molecule has 1 heterocycles.